The van der Waals surface area contributed by atoms with Gasteiger partial charge in [-0.25, -0.2) is 13.8 Å². The van der Waals surface area contributed by atoms with Crippen LogP contribution in [-0.4, -0.2) is 37.0 Å². The molecule has 4 nitrogen and oxygen atoms in total. The van der Waals surface area contributed by atoms with Crippen LogP contribution in [0.4, 0.5) is 14.6 Å². The van der Waals surface area contributed by atoms with Crippen molar-refractivity contribution in [1.29, 1.82) is 0 Å². The minimum absolute atomic E-state index is 0.246. The molecular weight excluding hydrogens is 264 g/mol. The third-order valence-electron chi connectivity index (χ3n) is 3.42. The SMILES string of the molecule is Cc1cccc(N2CCCC(C(=O)NCC(F)F)C2)n1. The molecule has 1 aliphatic heterocycles. The Balaban J connectivity index is 1.96. The zero-order valence-corrected chi connectivity index (χ0v) is 11.5. The first kappa shape index (κ1) is 14.7. The number of aryl methyl sites for hydroxylation is 1. The van der Waals surface area contributed by atoms with Gasteiger partial charge in [0, 0.05) is 18.8 Å². The number of nitrogens with zero attached hydrogens (tertiary/aromatic N) is 2. The molecule has 110 valence electrons. The molecule has 1 amide bonds. The number of carbonyl (C=O) groups is 1. The summed E-state index contributed by atoms with van der Waals surface area (Å²) in [6.45, 7) is 2.72. The van der Waals surface area contributed by atoms with Gasteiger partial charge in [0.05, 0.1) is 12.5 Å². The van der Waals surface area contributed by atoms with Crippen LogP contribution in [0, 0.1) is 12.8 Å². The second-order valence-corrected chi connectivity index (χ2v) is 5.06. The first-order valence-corrected chi connectivity index (χ1v) is 6.80. The minimum atomic E-state index is -2.50. The number of nitrogens with one attached hydrogen (secondary N) is 1. The quantitative estimate of drug-likeness (QED) is 0.919. The lowest BCUT2D eigenvalue weighted by molar-refractivity contribution is -0.125. The Bertz CT molecular complexity index is 467. The number of rotatable bonds is 4. The lowest BCUT2D eigenvalue weighted by Crippen LogP contribution is -2.44. The van der Waals surface area contributed by atoms with Crippen molar-refractivity contribution in [2.75, 3.05) is 24.5 Å². The Hall–Kier alpha value is -1.72. The maximum atomic E-state index is 12.1. The van der Waals surface area contributed by atoms with E-state index in [4.69, 9.17) is 0 Å². The van der Waals surface area contributed by atoms with Crippen LogP contribution in [0.2, 0.25) is 0 Å². The van der Waals surface area contributed by atoms with Crippen LogP contribution in [0.25, 0.3) is 0 Å². The minimum Gasteiger partial charge on any atom is -0.356 e. The summed E-state index contributed by atoms with van der Waals surface area (Å²) in [5.41, 5.74) is 0.923. The third kappa shape index (κ3) is 3.88. The summed E-state index contributed by atoms with van der Waals surface area (Å²) in [6.07, 6.45) is -0.906. The fourth-order valence-corrected chi connectivity index (χ4v) is 2.43. The van der Waals surface area contributed by atoms with E-state index in [-0.39, 0.29) is 11.8 Å². The number of anilines is 1. The highest BCUT2D eigenvalue weighted by atomic mass is 19.3. The van der Waals surface area contributed by atoms with Gasteiger partial charge in [-0.15, -0.1) is 0 Å². The molecule has 1 aromatic rings. The molecule has 0 bridgehead atoms. The summed E-state index contributed by atoms with van der Waals surface area (Å²) in [7, 11) is 0. The maximum Gasteiger partial charge on any atom is 0.255 e. The van der Waals surface area contributed by atoms with Crippen LogP contribution >= 0.6 is 0 Å². The first-order valence-electron chi connectivity index (χ1n) is 6.80. The Morgan fingerprint density at radius 3 is 3.05 bits per heavy atom. The molecule has 2 rings (SSSR count). The third-order valence-corrected chi connectivity index (χ3v) is 3.42. The summed E-state index contributed by atoms with van der Waals surface area (Å²) < 4.78 is 24.2. The van der Waals surface area contributed by atoms with Crippen molar-refractivity contribution >= 4 is 11.7 Å². The molecule has 0 aromatic carbocycles. The number of hydrogen-bond donors (Lipinski definition) is 1. The van der Waals surface area contributed by atoms with Crippen molar-refractivity contribution in [1.82, 2.24) is 10.3 Å². The Labute approximate surface area is 117 Å². The molecule has 0 radical (unpaired) electrons. The second kappa shape index (κ2) is 6.63. The van der Waals surface area contributed by atoms with Crippen molar-refractivity contribution < 1.29 is 13.6 Å². The maximum absolute atomic E-state index is 12.1. The molecule has 0 aliphatic carbocycles. The molecule has 1 atom stereocenters. The molecule has 0 spiro atoms. The van der Waals surface area contributed by atoms with Crippen molar-refractivity contribution in [2.24, 2.45) is 5.92 Å². The van der Waals surface area contributed by atoms with Gasteiger partial charge in [-0.2, -0.15) is 0 Å². The largest absolute Gasteiger partial charge is 0.356 e. The monoisotopic (exact) mass is 283 g/mol. The predicted molar refractivity (Wildman–Crippen MR) is 72.9 cm³/mol. The molecular formula is C14H19F2N3O. The van der Waals surface area contributed by atoms with E-state index in [1.807, 2.05) is 30.0 Å². The lowest BCUT2D eigenvalue weighted by atomic mass is 9.97. The lowest BCUT2D eigenvalue weighted by Gasteiger charge is -2.33. The standard InChI is InChI=1S/C14H19F2N3O/c1-10-4-2-6-13(18-10)19-7-3-5-11(9-19)14(20)17-8-12(15)16/h2,4,6,11-12H,3,5,7-9H2,1H3,(H,17,20). The normalized spacial score (nSPS) is 19.2. The van der Waals surface area contributed by atoms with Gasteiger partial charge in [0.1, 0.15) is 5.82 Å². The first-order chi connectivity index (χ1) is 9.56. The van der Waals surface area contributed by atoms with Crippen LogP contribution in [-0.2, 0) is 4.79 Å². The van der Waals surface area contributed by atoms with Crippen LogP contribution in [0.1, 0.15) is 18.5 Å². The topological polar surface area (TPSA) is 45.2 Å². The van der Waals surface area contributed by atoms with Gasteiger partial charge in [0.15, 0.2) is 0 Å². The number of amides is 1. The van der Waals surface area contributed by atoms with E-state index < -0.39 is 13.0 Å². The van der Waals surface area contributed by atoms with Crippen molar-refractivity contribution in [3.8, 4) is 0 Å². The van der Waals surface area contributed by atoms with Crippen LogP contribution in [0.3, 0.4) is 0 Å². The number of hydrogen-bond acceptors (Lipinski definition) is 3. The zero-order valence-electron chi connectivity index (χ0n) is 11.5. The number of aromatic nitrogens is 1. The highest BCUT2D eigenvalue weighted by Gasteiger charge is 2.26. The van der Waals surface area contributed by atoms with Gasteiger partial charge >= 0.3 is 0 Å². The highest BCUT2D eigenvalue weighted by Crippen LogP contribution is 2.22. The van der Waals surface area contributed by atoms with Crippen LogP contribution < -0.4 is 10.2 Å². The number of pyridine rings is 1. The van der Waals surface area contributed by atoms with E-state index in [1.54, 1.807) is 0 Å². The van der Waals surface area contributed by atoms with Crippen molar-refractivity contribution in [3.63, 3.8) is 0 Å². The fraction of sp³-hybridized carbons (Fsp3) is 0.571. The van der Waals surface area contributed by atoms with Crippen molar-refractivity contribution in [2.45, 2.75) is 26.2 Å². The summed E-state index contributed by atoms with van der Waals surface area (Å²) in [4.78, 5) is 18.3. The number of carbonyl (C=O) groups excluding carboxylic acids is 1. The van der Waals surface area contributed by atoms with Crippen LogP contribution in [0.15, 0.2) is 18.2 Å². The number of piperidine rings is 1. The van der Waals surface area contributed by atoms with Gasteiger partial charge < -0.3 is 10.2 Å². The van der Waals surface area contributed by atoms with E-state index in [9.17, 15) is 13.6 Å². The fourth-order valence-electron chi connectivity index (χ4n) is 2.43. The average Bonchev–Trinajstić information content (AvgIpc) is 2.45. The molecule has 0 saturated carbocycles. The Morgan fingerprint density at radius 1 is 1.55 bits per heavy atom. The average molecular weight is 283 g/mol. The smallest absolute Gasteiger partial charge is 0.255 e. The van der Waals surface area contributed by atoms with E-state index in [0.717, 1.165) is 30.9 Å². The van der Waals surface area contributed by atoms with Crippen LogP contribution in [0.5, 0.6) is 0 Å². The van der Waals surface area contributed by atoms with E-state index in [1.165, 1.54) is 0 Å². The molecule has 1 aliphatic rings. The number of alkyl halides is 2. The molecule has 1 saturated heterocycles. The predicted octanol–water partition coefficient (Wildman–Crippen LogP) is 1.99. The molecule has 2 heterocycles. The summed E-state index contributed by atoms with van der Waals surface area (Å²) in [5.74, 6) is 0.309. The highest BCUT2D eigenvalue weighted by molar-refractivity contribution is 5.79. The second-order valence-electron chi connectivity index (χ2n) is 5.06. The molecule has 1 unspecified atom stereocenters. The van der Waals surface area contributed by atoms with Gasteiger partial charge in [-0.1, -0.05) is 6.07 Å². The Kier molecular flexibility index (Phi) is 4.87. The molecule has 1 N–H and O–H groups in total. The van der Waals surface area contributed by atoms with E-state index in [2.05, 4.69) is 10.3 Å². The van der Waals surface area contributed by atoms with E-state index in [0.29, 0.717) is 6.54 Å². The van der Waals surface area contributed by atoms with E-state index >= 15 is 0 Å². The molecule has 1 fully saturated rings. The van der Waals surface area contributed by atoms with Gasteiger partial charge in [0.2, 0.25) is 5.91 Å². The summed E-state index contributed by atoms with van der Waals surface area (Å²) in [6, 6.07) is 5.75. The molecule has 6 heteroatoms. The van der Waals surface area contributed by atoms with Crippen molar-refractivity contribution in [3.05, 3.63) is 23.9 Å². The molecule has 1 aromatic heterocycles. The number of halogens is 2. The zero-order chi connectivity index (χ0) is 14.5. The molecule has 20 heavy (non-hydrogen) atoms. The summed E-state index contributed by atoms with van der Waals surface area (Å²) in [5, 5.41) is 2.30. The van der Waals surface area contributed by atoms with Gasteiger partial charge in [-0.3, -0.25) is 4.79 Å². The Morgan fingerprint density at radius 2 is 2.35 bits per heavy atom. The van der Waals surface area contributed by atoms with Gasteiger partial charge in [0.25, 0.3) is 6.43 Å². The summed E-state index contributed by atoms with van der Waals surface area (Å²) >= 11 is 0. The van der Waals surface area contributed by atoms with Gasteiger partial charge in [-0.05, 0) is 31.9 Å².